The van der Waals surface area contributed by atoms with Crippen molar-refractivity contribution in [3.8, 4) is 5.69 Å². The van der Waals surface area contributed by atoms with Gasteiger partial charge in [0.15, 0.2) is 0 Å². The number of nitrogens with one attached hydrogen (secondary N) is 2. The Kier molecular flexibility index (Phi) is 5.48. The highest BCUT2D eigenvalue weighted by atomic mass is 32.2. The van der Waals surface area contributed by atoms with Crippen LogP contribution in [0.15, 0.2) is 35.5 Å². The quantitative estimate of drug-likeness (QED) is 0.797. The maximum atomic E-state index is 11.9. The van der Waals surface area contributed by atoms with E-state index in [0.29, 0.717) is 11.7 Å². The summed E-state index contributed by atoms with van der Waals surface area (Å²) < 4.78 is 1.54. The number of carbonyl (C=O) groups excluding carboxylic acids is 2. The average Bonchev–Trinajstić information content (AvgIpc) is 2.96. The highest BCUT2D eigenvalue weighted by molar-refractivity contribution is 8.00. The first-order chi connectivity index (χ1) is 10.6. The lowest BCUT2D eigenvalue weighted by atomic mass is 10.3. The topological polar surface area (TPSA) is 102 Å². The molecular weight excluding hydrogens is 304 g/mol. The molecule has 22 heavy (non-hydrogen) atoms. The fourth-order valence-corrected chi connectivity index (χ4v) is 2.42. The van der Waals surface area contributed by atoms with Crippen molar-refractivity contribution in [2.75, 3.05) is 6.54 Å². The molecule has 9 heteroatoms. The summed E-state index contributed by atoms with van der Waals surface area (Å²) in [7, 11) is 0. The Balaban J connectivity index is 2.04. The summed E-state index contributed by atoms with van der Waals surface area (Å²) in [6, 6.07) is 8.85. The van der Waals surface area contributed by atoms with Gasteiger partial charge in [-0.05, 0) is 36.4 Å². The number of aromatic nitrogens is 4. The van der Waals surface area contributed by atoms with E-state index >= 15 is 0 Å². The predicted molar refractivity (Wildman–Crippen MR) is 81.7 cm³/mol. The monoisotopic (exact) mass is 320 g/mol. The summed E-state index contributed by atoms with van der Waals surface area (Å²) in [4.78, 5) is 23.3. The molecule has 2 aromatic rings. The lowest BCUT2D eigenvalue weighted by molar-refractivity contribution is -0.119. The Morgan fingerprint density at radius 3 is 2.73 bits per heavy atom. The number of tetrazole rings is 1. The van der Waals surface area contributed by atoms with E-state index in [9.17, 15) is 9.59 Å². The number of amides is 3. The normalized spacial score (nSPS) is 11.7. The number of hydrogen-bond acceptors (Lipinski definition) is 6. The molecule has 0 fully saturated rings. The van der Waals surface area contributed by atoms with Crippen molar-refractivity contribution in [3.63, 3.8) is 0 Å². The molecule has 2 N–H and O–H groups in total. The van der Waals surface area contributed by atoms with Crippen molar-refractivity contribution in [1.82, 2.24) is 30.8 Å². The minimum atomic E-state index is -0.518. The van der Waals surface area contributed by atoms with Gasteiger partial charge in [-0.25, -0.2) is 4.79 Å². The fraction of sp³-hybridized carbons (Fsp3) is 0.308. The van der Waals surface area contributed by atoms with Crippen molar-refractivity contribution in [2.24, 2.45) is 0 Å². The van der Waals surface area contributed by atoms with Crippen LogP contribution in [0.4, 0.5) is 4.79 Å². The third-order valence-electron chi connectivity index (χ3n) is 2.67. The molecule has 0 saturated carbocycles. The van der Waals surface area contributed by atoms with Crippen molar-refractivity contribution in [2.45, 2.75) is 24.3 Å². The molecule has 1 aromatic carbocycles. The van der Waals surface area contributed by atoms with Crippen molar-refractivity contribution in [1.29, 1.82) is 0 Å². The molecule has 1 atom stereocenters. The Hall–Kier alpha value is -2.42. The number of thioether (sulfide) groups is 1. The first kappa shape index (κ1) is 16.0. The molecule has 0 radical (unpaired) electrons. The predicted octanol–water partition coefficient (Wildman–Crippen LogP) is 0.989. The zero-order valence-corrected chi connectivity index (χ0v) is 13.0. The molecule has 0 unspecified atom stereocenters. The Labute approximate surface area is 131 Å². The van der Waals surface area contributed by atoms with Crippen LogP contribution in [0.25, 0.3) is 5.69 Å². The second-order valence-electron chi connectivity index (χ2n) is 4.32. The first-order valence-corrected chi connectivity index (χ1v) is 7.59. The number of carbonyl (C=O) groups is 2. The van der Waals surface area contributed by atoms with Gasteiger partial charge in [0, 0.05) is 6.54 Å². The number of hydrogen-bond donors (Lipinski definition) is 2. The standard InChI is InChI=1S/C13H16N6O2S/c1-3-14-12(21)15-11(20)9(2)22-13-16-17-18-19(13)10-7-5-4-6-8-10/h4-9H,3H2,1-2H3,(H2,14,15,20,21)/t9-/m1/s1. The Morgan fingerprint density at radius 1 is 1.32 bits per heavy atom. The molecule has 2 rings (SSSR count). The van der Waals surface area contributed by atoms with Crippen LogP contribution < -0.4 is 10.6 Å². The molecule has 0 aliphatic heterocycles. The van der Waals surface area contributed by atoms with Crippen LogP contribution in [-0.2, 0) is 4.79 Å². The minimum Gasteiger partial charge on any atom is -0.338 e. The molecular formula is C13H16N6O2S. The smallest absolute Gasteiger partial charge is 0.321 e. The lowest BCUT2D eigenvalue weighted by Crippen LogP contribution is -2.42. The third-order valence-corrected chi connectivity index (χ3v) is 3.70. The van der Waals surface area contributed by atoms with Crippen LogP contribution in [0.2, 0.25) is 0 Å². The molecule has 3 amide bonds. The summed E-state index contributed by atoms with van der Waals surface area (Å²) >= 11 is 1.17. The zero-order valence-electron chi connectivity index (χ0n) is 12.2. The van der Waals surface area contributed by atoms with Crippen LogP contribution in [0.1, 0.15) is 13.8 Å². The lowest BCUT2D eigenvalue weighted by Gasteiger charge is -2.11. The molecule has 8 nitrogen and oxygen atoms in total. The van der Waals surface area contributed by atoms with E-state index in [-0.39, 0.29) is 0 Å². The summed E-state index contributed by atoms with van der Waals surface area (Å²) in [6.45, 7) is 3.91. The van der Waals surface area contributed by atoms with Gasteiger partial charge in [-0.15, -0.1) is 5.10 Å². The number of imide groups is 1. The Bertz CT molecular complexity index is 645. The summed E-state index contributed by atoms with van der Waals surface area (Å²) in [5.74, 6) is -0.404. The third kappa shape index (κ3) is 4.04. The van der Waals surface area contributed by atoms with Crippen molar-refractivity contribution >= 4 is 23.7 Å². The first-order valence-electron chi connectivity index (χ1n) is 6.71. The highest BCUT2D eigenvalue weighted by Crippen LogP contribution is 2.22. The summed E-state index contributed by atoms with van der Waals surface area (Å²) in [5.41, 5.74) is 0.798. The maximum Gasteiger partial charge on any atom is 0.321 e. The SMILES string of the molecule is CCNC(=O)NC(=O)[C@@H](C)Sc1nnnn1-c1ccccc1. The largest absolute Gasteiger partial charge is 0.338 e. The van der Waals surface area contributed by atoms with E-state index in [1.165, 1.54) is 11.8 Å². The molecule has 1 heterocycles. The van der Waals surface area contributed by atoms with E-state index < -0.39 is 17.2 Å². The molecule has 0 saturated heterocycles. The van der Waals surface area contributed by atoms with Crippen molar-refractivity contribution < 1.29 is 9.59 Å². The van der Waals surface area contributed by atoms with Crippen LogP contribution in [-0.4, -0.2) is 43.9 Å². The van der Waals surface area contributed by atoms with Crippen LogP contribution in [0, 0.1) is 0 Å². The van der Waals surface area contributed by atoms with E-state index in [2.05, 4.69) is 26.2 Å². The average molecular weight is 320 g/mol. The number of para-hydroxylation sites is 1. The number of nitrogens with zero attached hydrogens (tertiary/aromatic N) is 4. The van der Waals surface area contributed by atoms with Gasteiger partial charge in [0.1, 0.15) is 0 Å². The van der Waals surface area contributed by atoms with Crippen LogP contribution in [0.3, 0.4) is 0 Å². The van der Waals surface area contributed by atoms with E-state index in [0.717, 1.165) is 5.69 Å². The number of rotatable bonds is 5. The van der Waals surface area contributed by atoms with Gasteiger partial charge >= 0.3 is 6.03 Å². The second kappa shape index (κ2) is 7.55. The summed E-state index contributed by atoms with van der Waals surface area (Å²) in [5, 5.41) is 16.2. The fourth-order valence-electron chi connectivity index (χ4n) is 1.61. The van der Waals surface area contributed by atoms with Gasteiger partial charge in [-0.3, -0.25) is 10.1 Å². The number of benzene rings is 1. The second-order valence-corrected chi connectivity index (χ2v) is 5.63. The molecule has 1 aromatic heterocycles. The van der Waals surface area contributed by atoms with Crippen LogP contribution >= 0.6 is 11.8 Å². The minimum absolute atomic E-state index is 0.404. The molecule has 116 valence electrons. The molecule has 0 aliphatic rings. The maximum absolute atomic E-state index is 11.9. The van der Waals surface area contributed by atoms with Gasteiger partial charge < -0.3 is 5.32 Å². The van der Waals surface area contributed by atoms with Gasteiger partial charge in [-0.1, -0.05) is 30.0 Å². The van der Waals surface area contributed by atoms with E-state index in [1.807, 2.05) is 30.3 Å². The van der Waals surface area contributed by atoms with Gasteiger partial charge in [-0.2, -0.15) is 4.68 Å². The number of urea groups is 1. The highest BCUT2D eigenvalue weighted by Gasteiger charge is 2.20. The zero-order chi connectivity index (χ0) is 15.9. The molecule has 0 aliphatic carbocycles. The summed E-state index contributed by atoms with van der Waals surface area (Å²) in [6.07, 6.45) is 0. The molecule has 0 spiro atoms. The van der Waals surface area contributed by atoms with Gasteiger partial charge in [0.05, 0.1) is 10.9 Å². The van der Waals surface area contributed by atoms with E-state index in [4.69, 9.17) is 0 Å². The van der Waals surface area contributed by atoms with Gasteiger partial charge in [0.25, 0.3) is 0 Å². The van der Waals surface area contributed by atoms with Crippen molar-refractivity contribution in [3.05, 3.63) is 30.3 Å². The van der Waals surface area contributed by atoms with E-state index in [1.54, 1.807) is 18.5 Å². The van der Waals surface area contributed by atoms with Gasteiger partial charge in [0.2, 0.25) is 11.1 Å². The molecule has 0 bridgehead atoms. The van der Waals surface area contributed by atoms with Crippen LogP contribution in [0.5, 0.6) is 0 Å². The Morgan fingerprint density at radius 2 is 2.05 bits per heavy atom.